The summed E-state index contributed by atoms with van der Waals surface area (Å²) >= 11 is 0. The minimum Gasteiger partial charge on any atom is -0.497 e. The molecule has 0 bridgehead atoms. The van der Waals surface area contributed by atoms with Crippen molar-refractivity contribution in [1.29, 1.82) is 0 Å². The molecule has 1 aliphatic carbocycles. The van der Waals surface area contributed by atoms with Crippen LogP contribution in [0.15, 0.2) is 24.3 Å². The van der Waals surface area contributed by atoms with E-state index in [4.69, 9.17) is 10.5 Å². The highest BCUT2D eigenvalue weighted by Gasteiger charge is 2.28. The predicted molar refractivity (Wildman–Crippen MR) is 79.7 cm³/mol. The average molecular weight is 276 g/mol. The highest BCUT2D eigenvalue weighted by Crippen LogP contribution is 2.31. The van der Waals surface area contributed by atoms with Crippen LogP contribution in [0.2, 0.25) is 0 Å². The molecule has 1 saturated carbocycles. The number of carbonyl (C=O) groups is 1. The molecule has 2 rings (SSSR count). The number of amides is 1. The molecule has 0 spiro atoms. The summed E-state index contributed by atoms with van der Waals surface area (Å²) in [4.78, 5) is 11.9. The van der Waals surface area contributed by atoms with E-state index in [0.717, 1.165) is 11.3 Å². The second-order valence-corrected chi connectivity index (χ2v) is 5.69. The SMILES string of the molecule is COc1cccc(C(C)CC(=O)NCC(N)C2CC2)c1. The number of hydrogen-bond donors (Lipinski definition) is 2. The van der Waals surface area contributed by atoms with Crippen LogP contribution in [0.4, 0.5) is 0 Å². The van der Waals surface area contributed by atoms with Crippen LogP contribution in [-0.2, 0) is 4.79 Å². The maximum atomic E-state index is 11.9. The summed E-state index contributed by atoms with van der Waals surface area (Å²) < 4.78 is 5.21. The highest BCUT2D eigenvalue weighted by atomic mass is 16.5. The van der Waals surface area contributed by atoms with Gasteiger partial charge in [0.15, 0.2) is 0 Å². The van der Waals surface area contributed by atoms with E-state index in [0.29, 0.717) is 18.9 Å². The van der Waals surface area contributed by atoms with Gasteiger partial charge in [-0.2, -0.15) is 0 Å². The Balaban J connectivity index is 1.80. The standard InChI is InChI=1S/C16H24N2O2/c1-11(13-4-3-5-14(9-13)20-2)8-16(19)18-10-15(17)12-6-7-12/h3-5,9,11-12,15H,6-8,10,17H2,1-2H3,(H,18,19). The van der Waals surface area contributed by atoms with E-state index >= 15 is 0 Å². The largest absolute Gasteiger partial charge is 0.497 e. The maximum absolute atomic E-state index is 11.9. The Morgan fingerprint density at radius 2 is 2.25 bits per heavy atom. The zero-order valence-corrected chi connectivity index (χ0v) is 12.3. The molecule has 0 radical (unpaired) electrons. The number of nitrogens with one attached hydrogen (secondary N) is 1. The van der Waals surface area contributed by atoms with Crippen molar-refractivity contribution in [3.8, 4) is 5.75 Å². The Labute approximate surface area is 120 Å². The topological polar surface area (TPSA) is 64.3 Å². The fraction of sp³-hybridized carbons (Fsp3) is 0.562. The number of ether oxygens (including phenoxy) is 1. The number of carbonyl (C=O) groups excluding carboxylic acids is 1. The number of methoxy groups -OCH3 is 1. The van der Waals surface area contributed by atoms with Crippen molar-refractivity contribution >= 4 is 5.91 Å². The molecule has 3 N–H and O–H groups in total. The predicted octanol–water partition coefficient (Wildman–Crippen LogP) is 2.04. The van der Waals surface area contributed by atoms with Crippen LogP contribution in [0.3, 0.4) is 0 Å². The first kappa shape index (κ1) is 14.9. The molecule has 1 aromatic rings. The zero-order chi connectivity index (χ0) is 14.5. The van der Waals surface area contributed by atoms with Crippen molar-refractivity contribution in [3.05, 3.63) is 29.8 Å². The number of hydrogen-bond acceptors (Lipinski definition) is 3. The van der Waals surface area contributed by atoms with Crippen molar-refractivity contribution in [3.63, 3.8) is 0 Å². The summed E-state index contributed by atoms with van der Waals surface area (Å²) in [6, 6.07) is 7.98. The molecule has 4 nitrogen and oxygen atoms in total. The van der Waals surface area contributed by atoms with Crippen LogP contribution in [0, 0.1) is 5.92 Å². The average Bonchev–Trinajstić information content (AvgIpc) is 3.29. The number of rotatable bonds is 7. The van der Waals surface area contributed by atoms with Gasteiger partial charge in [-0.15, -0.1) is 0 Å². The summed E-state index contributed by atoms with van der Waals surface area (Å²) in [7, 11) is 1.65. The number of benzene rings is 1. The molecule has 4 heteroatoms. The fourth-order valence-corrected chi connectivity index (χ4v) is 2.34. The summed E-state index contributed by atoms with van der Waals surface area (Å²) in [6.45, 7) is 2.64. The quantitative estimate of drug-likeness (QED) is 0.801. The molecule has 1 aromatic carbocycles. The molecule has 1 aliphatic rings. The molecule has 0 heterocycles. The van der Waals surface area contributed by atoms with Gasteiger partial charge >= 0.3 is 0 Å². The third kappa shape index (κ3) is 4.23. The van der Waals surface area contributed by atoms with E-state index in [1.165, 1.54) is 12.8 Å². The van der Waals surface area contributed by atoms with Crippen LogP contribution in [0.25, 0.3) is 0 Å². The lowest BCUT2D eigenvalue weighted by Crippen LogP contribution is -2.38. The Bertz CT molecular complexity index is 458. The van der Waals surface area contributed by atoms with E-state index in [-0.39, 0.29) is 17.9 Å². The van der Waals surface area contributed by atoms with Gasteiger partial charge in [0.2, 0.25) is 5.91 Å². The normalized spacial score (nSPS) is 17.4. The summed E-state index contributed by atoms with van der Waals surface area (Å²) in [5.41, 5.74) is 7.09. The monoisotopic (exact) mass is 276 g/mol. The lowest BCUT2D eigenvalue weighted by Gasteiger charge is -2.15. The van der Waals surface area contributed by atoms with E-state index in [2.05, 4.69) is 12.2 Å². The van der Waals surface area contributed by atoms with Crippen molar-refractivity contribution in [1.82, 2.24) is 5.32 Å². The fourth-order valence-electron chi connectivity index (χ4n) is 2.34. The molecule has 0 saturated heterocycles. The van der Waals surface area contributed by atoms with Crippen molar-refractivity contribution in [2.75, 3.05) is 13.7 Å². The molecular formula is C16H24N2O2. The maximum Gasteiger partial charge on any atom is 0.220 e. The molecule has 0 aliphatic heterocycles. The molecule has 2 atom stereocenters. The molecular weight excluding hydrogens is 252 g/mol. The Morgan fingerprint density at radius 1 is 1.50 bits per heavy atom. The lowest BCUT2D eigenvalue weighted by atomic mass is 9.97. The Hall–Kier alpha value is -1.55. The lowest BCUT2D eigenvalue weighted by molar-refractivity contribution is -0.121. The van der Waals surface area contributed by atoms with Gasteiger partial charge in [-0.05, 0) is 42.4 Å². The Kier molecular flexibility index (Phi) is 5.01. The van der Waals surface area contributed by atoms with Gasteiger partial charge in [0.25, 0.3) is 0 Å². The first-order chi connectivity index (χ1) is 9.60. The van der Waals surface area contributed by atoms with Gasteiger partial charge < -0.3 is 15.8 Å². The van der Waals surface area contributed by atoms with Gasteiger partial charge in [0.1, 0.15) is 5.75 Å². The van der Waals surface area contributed by atoms with Crippen LogP contribution in [0.1, 0.15) is 37.7 Å². The van der Waals surface area contributed by atoms with Crippen LogP contribution < -0.4 is 15.8 Å². The smallest absolute Gasteiger partial charge is 0.220 e. The molecule has 2 unspecified atom stereocenters. The van der Waals surface area contributed by atoms with Gasteiger partial charge in [-0.1, -0.05) is 19.1 Å². The van der Waals surface area contributed by atoms with E-state index in [9.17, 15) is 4.79 Å². The molecule has 1 amide bonds. The minimum absolute atomic E-state index is 0.0661. The summed E-state index contributed by atoms with van der Waals surface area (Å²) in [5, 5.41) is 2.94. The third-order valence-electron chi connectivity index (χ3n) is 3.92. The van der Waals surface area contributed by atoms with Gasteiger partial charge in [-0.3, -0.25) is 4.79 Å². The van der Waals surface area contributed by atoms with E-state index in [1.54, 1.807) is 7.11 Å². The highest BCUT2D eigenvalue weighted by molar-refractivity contribution is 5.76. The summed E-state index contributed by atoms with van der Waals surface area (Å²) in [6.07, 6.45) is 2.89. The van der Waals surface area contributed by atoms with Crippen molar-refractivity contribution < 1.29 is 9.53 Å². The Morgan fingerprint density at radius 3 is 2.90 bits per heavy atom. The molecule has 0 aromatic heterocycles. The van der Waals surface area contributed by atoms with Crippen LogP contribution in [0.5, 0.6) is 5.75 Å². The van der Waals surface area contributed by atoms with E-state index in [1.807, 2.05) is 24.3 Å². The van der Waals surface area contributed by atoms with Crippen LogP contribution >= 0.6 is 0 Å². The second kappa shape index (κ2) is 6.75. The molecule has 1 fully saturated rings. The van der Waals surface area contributed by atoms with E-state index < -0.39 is 0 Å². The first-order valence-electron chi connectivity index (χ1n) is 7.26. The number of nitrogens with two attached hydrogens (primary N) is 1. The minimum atomic E-state index is 0.0661. The van der Waals surface area contributed by atoms with Crippen molar-refractivity contribution in [2.24, 2.45) is 11.7 Å². The zero-order valence-electron chi connectivity index (χ0n) is 12.3. The third-order valence-corrected chi connectivity index (χ3v) is 3.92. The van der Waals surface area contributed by atoms with Crippen molar-refractivity contribution in [2.45, 2.75) is 38.1 Å². The second-order valence-electron chi connectivity index (χ2n) is 5.69. The summed E-state index contributed by atoms with van der Waals surface area (Å²) in [5.74, 6) is 1.68. The molecule has 110 valence electrons. The first-order valence-corrected chi connectivity index (χ1v) is 7.26. The van der Waals surface area contributed by atoms with Crippen LogP contribution in [-0.4, -0.2) is 25.6 Å². The molecule has 20 heavy (non-hydrogen) atoms. The van der Waals surface area contributed by atoms with Gasteiger partial charge in [-0.25, -0.2) is 0 Å². The van der Waals surface area contributed by atoms with Gasteiger partial charge in [0, 0.05) is 19.0 Å². The van der Waals surface area contributed by atoms with Gasteiger partial charge in [0.05, 0.1) is 7.11 Å².